The Morgan fingerprint density at radius 1 is 1.36 bits per heavy atom. The number of methoxy groups -OCH3 is 1. The van der Waals surface area contributed by atoms with E-state index >= 15 is 0 Å². The van der Waals surface area contributed by atoms with Crippen LogP contribution >= 0.6 is 11.6 Å². The van der Waals surface area contributed by atoms with Crippen LogP contribution < -0.4 is 10.5 Å². The molecule has 2 rings (SSSR count). The maximum Gasteiger partial charge on any atom is 0.145 e. The lowest BCUT2D eigenvalue weighted by Gasteiger charge is -2.07. The van der Waals surface area contributed by atoms with Crippen molar-refractivity contribution in [2.75, 3.05) is 12.8 Å². The molecule has 0 bridgehead atoms. The topological polar surface area (TPSA) is 48.1 Å². The quantitative estimate of drug-likeness (QED) is 0.783. The lowest BCUT2D eigenvalue weighted by molar-refractivity contribution is 0.419. The smallest absolute Gasteiger partial charge is 0.145 e. The van der Waals surface area contributed by atoms with Crippen molar-refractivity contribution in [3.05, 3.63) is 29.4 Å². The summed E-state index contributed by atoms with van der Waals surface area (Å²) in [6, 6.07) is 5.24. The number of rotatable bonds is 1. The number of nitrogens with two attached hydrogens (primary N) is 1. The fourth-order valence-electron chi connectivity index (χ4n) is 1.39. The van der Waals surface area contributed by atoms with E-state index in [1.54, 1.807) is 31.5 Å². The molecule has 2 aromatic rings. The molecular weight excluding hydrogens is 200 g/mol. The fourth-order valence-corrected chi connectivity index (χ4v) is 1.65. The highest BCUT2D eigenvalue weighted by Gasteiger charge is 2.08. The molecule has 1 heterocycles. The van der Waals surface area contributed by atoms with Gasteiger partial charge >= 0.3 is 0 Å². The Labute approximate surface area is 86.5 Å². The Morgan fingerprint density at radius 3 is 2.86 bits per heavy atom. The number of hydrogen-bond acceptors (Lipinski definition) is 3. The van der Waals surface area contributed by atoms with Gasteiger partial charge in [0.2, 0.25) is 0 Å². The van der Waals surface area contributed by atoms with Gasteiger partial charge < -0.3 is 10.5 Å². The van der Waals surface area contributed by atoms with Crippen LogP contribution in [0.2, 0.25) is 5.02 Å². The zero-order chi connectivity index (χ0) is 10.1. The van der Waals surface area contributed by atoms with Crippen LogP contribution in [-0.2, 0) is 0 Å². The van der Waals surface area contributed by atoms with Gasteiger partial charge in [-0.1, -0.05) is 11.6 Å². The normalized spacial score (nSPS) is 10.4. The van der Waals surface area contributed by atoms with Crippen molar-refractivity contribution in [2.24, 2.45) is 0 Å². The van der Waals surface area contributed by atoms with E-state index in [2.05, 4.69) is 4.98 Å². The molecule has 0 spiro atoms. The molecule has 72 valence electrons. The molecular formula is C10H9ClN2O. The van der Waals surface area contributed by atoms with Crippen molar-refractivity contribution in [2.45, 2.75) is 0 Å². The maximum absolute atomic E-state index is 6.02. The third-order valence-electron chi connectivity index (χ3n) is 2.06. The van der Waals surface area contributed by atoms with Crippen LogP contribution in [-0.4, -0.2) is 12.1 Å². The summed E-state index contributed by atoms with van der Waals surface area (Å²) >= 11 is 6.02. The zero-order valence-corrected chi connectivity index (χ0v) is 8.38. The lowest BCUT2D eigenvalue weighted by Crippen LogP contribution is -1.92. The first-order chi connectivity index (χ1) is 6.74. The number of halogens is 1. The van der Waals surface area contributed by atoms with Gasteiger partial charge in [0.15, 0.2) is 0 Å². The molecule has 1 aromatic carbocycles. The maximum atomic E-state index is 6.02. The number of hydrogen-bond donors (Lipinski definition) is 1. The van der Waals surface area contributed by atoms with E-state index in [-0.39, 0.29) is 0 Å². The minimum Gasteiger partial charge on any atom is -0.494 e. The van der Waals surface area contributed by atoms with Gasteiger partial charge in [0, 0.05) is 17.3 Å². The number of aromatic nitrogens is 1. The Balaban J connectivity index is 2.91. The fraction of sp³-hybridized carbons (Fsp3) is 0.100. The average Bonchev–Trinajstić information content (AvgIpc) is 2.18. The first-order valence-corrected chi connectivity index (χ1v) is 4.48. The van der Waals surface area contributed by atoms with Gasteiger partial charge in [-0.25, -0.2) is 0 Å². The Hall–Kier alpha value is -1.48. The summed E-state index contributed by atoms with van der Waals surface area (Å²) in [5.74, 6) is 0.678. The zero-order valence-electron chi connectivity index (χ0n) is 7.62. The van der Waals surface area contributed by atoms with Crippen LogP contribution in [0.25, 0.3) is 10.9 Å². The van der Waals surface area contributed by atoms with Gasteiger partial charge in [-0.05, 0) is 18.2 Å². The molecule has 0 aliphatic rings. The minimum atomic E-state index is 0.589. The second kappa shape index (κ2) is 3.35. The summed E-state index contributed by atoms with van der Waals surface area (Å²) in [5, 5.41) is 1.33. The molecule has 0 aliphatic carbocycles. The van der Waals surface area contributed by atoms with Gasteiger partial charge in [0.1, 0.15) is 11.3 Å². The molecule has 3 nitrogen and oxygen atoms in total. The van der Waals surface area contributed by atoms with E-state index in [4.69, 9.17) is 22.1 Å². The van der Waals surface area contributed by atoms with E-state index in [0.717, 1.165) is 5.39 Å². The molecule has 0 aliphatic heterocycles. The van der Waals surface area contributed by atoms with Crippen molar-refractivity contribution < 1.29 is 4.74 Å². The van der Waals surface area contributed by atoms with Crippen LogP contribution in [0.4, 0.5) is 5.69 Å². The van der Waals surface area contributed by atoms with E-state index in [9.17, 15) is 0 Å². The molecule has 0 atom stereocenters. The predicted molar refractivity (Wildman–Crippen MR) is 57.7 cm³/mol. The summed E-state index contributed by atoms with van der Waals surface area (Å²) < 4.78 is 5.16. The monoisotopic (exact) mass is 208 g/mol. The predicted octanol–water partition coefficient (Wildman–Crippen LogP) is 2.48. The van der Waals surface area contributed by atoms with Crippen molar-refractivity contribution >= 4 is 28.2 Å². The second-order valence-electron chi connectivity index (χ2n) is 2.87. The molecule has 1 aromatic heterocycles. The van der Waals surface area contributed by atoms with E-state index in [1.165, 1.54) is 0 Å². The second-order valence-corrected chi connectivity index (χ2v) is 3.28. The molecule has 0 unspecified atom stereocenters. The van der Waals surface area contributed by atoms with Crippen LogP contribution in [0.5, 0.6) is 5.75 Å². The number of pyridine rings is 1. The Morgan fingerprint density at radius 2 is 2.14 bits per heavy atom. The summed E-state index contributed by atoms with van der Waals surface area (Å²) in [7, 11) is 1.59. The van der Waals surface area contributed by atoms with Gasteiger partial charge in [0.25, 0.3) is 0 Å². The SMILES string of the molecule is COc1ccc(Cl)c2c(N)ccnc12. The standard InChI is InChI=1S/C10H9ClN2O/c1-14-8-3-2-6(11)9-7(12)4-5-13-10(8)9/h2-5H,1H3,(H2,12,13). The van der Waals surface area contributed by atoms with Crippen molar-refractivity contribution in [1.29, 1.82) is 0 Å². The number of anilines is 1. The van der Waals surface area contributed by atoms with Gasteiger partial charge in [-0.2, -0.15) is 0 Å². The highest BCUT2D eigenvalue weighted by Crippen LogP contribution is 2.33. The van der Waals surface area contributed by atoms with Crippen LogP contribution in [0.15, 0.2) is 24.4 Å². The minimum absolute atomic E-state index is 0.589. The van der Waals surface area contributed by atoms with E-state index in [1.807, 2.05) is 0 Å². The summed E-state index contributed by atoms with van der Waals surface area (Å²) in [5.41, 5.74) is 7.11. The van der Waals surface area contributed by atoms with E-state index < -0.39 is 0 Å². The third kappa shape index (κ3) is 1.26. The molecule has 4 heteroatoms. The molecule has 0 amide bonds. The number of nitrogens with zero attached hydrogens (tertiary/aromatic N) is 1. The van der Waals surface area contributed by atoms with Crippen LogP contribution in [0, 0.1) is 0 Å². The number of benzene rings is 1. The summed E-state index contributed by atoms with van der Waals surface area (Å²) in [6.07, 6.45) is 1.64. The van der Waals surface area contributed by atoms with Crippen molar-refractivity contribution in [3.63, 3.8) is 0 Å². The van der Waals surface area contributed by atoms with Crippen molar-refractivity contribution in [1.82, 2.24) is 4.98 Å². The molecule has 2 N–H and O–H groups in total. The van der Waals surface area contributed by atoms with Gasteiger partial charge in [-0.15, -0.1) is 0 Å². The Bertz CT molecular complexity index is 477. The van der Waals surface area contributed by atoms with E-state index in [0.29, 0.717) is 22.0 Å². The molecule has 14 heavy (non-hydrogen) atoms. The lowest BCUT2D eigenvalue weighted by atomic mass is 10.2. The van der Waals surface area contributed by atoms with Gasteiger partial charge in [0.05, 0.1) is 12.1 Å². The first-order valence-electron chi connectivity index (χ1n) is 4.10. The highest BCUT2D eigenvalue weighted by molar-refractivity contribution is 6.36. The van der Waals surface area contributed by atoms with Crippen LogP contribution in [0.1, 0.15) is 0 Å². The Kier molecular flexibility index (Phi) is 2.17. The first kappa shape index (κ1) is 9.09. The highest BCUT2D eigenvalue weighted by atomic mass is 35.5. The average molecular weight is 209 g/mol. The summed E-state index contributed by atoms with van der Waals surface area (Å²) in [6.45, 7) is 0. The molecule has 0 fully saturated rings. The van der Waals surface area contributed by atoms with Crippen LogP contribution in [0.3, 0.4) is 0 Å². The van der Waals surface area contributed by atoms with Gasteiger partial charge in [-0.3, -0.25) is 4.98 Å². The van der Waals surface area contributed by atoms with Crippen molar-refractivity contribution in [3.8, 4) is 5.75 Å². The number of fused-ring (bicyclic) bond motifs is 1. The number of nitrogen functional groups attached to an aromatic ring is 1. The number of ether oxygens (including phenoxy) is 1. The summed E-state index contributed by atoms with van der Waals surface area (Å²) in [4.78, 5) is 4.18. The molecule has 0 saturated heterocycles. The molecule has 0 saturated carbocycles. The largest absolute Gasteiger partial charge is 0.494 e. The molecule has 0 radical (unpaired) electrons. The third-order valence-corrected chi connectivity index (χ3v) is 2.37.